The lowest BCUT2D eigenvalue weighted by molar-refractivity contribution is -0.133. The van der Waals surface area contributed by atoms with Gasteiger partial charge in [0.1, 0.15) is 18.0 Å². The van der Waals surface area contributed by atoms with Crippen molar-refractivity contribution in [2.24, 2.45) is 7.05 Å². The Balaban J connectivity index is 2.13. The number of nitrogens with zero attached hydrogens (tertiary/aromatic N) is 3. The number of aromatic nitrogens is 1. The average molecular weight is 447 g/mol. The highest BCUT2D eigenvalue weighted by Gasteiger charge is 2.22. The predicted molar refractivity (Wildman–Crippen MR) is 123 cm³/mol. The van der Waals surface area contributed by atoms with Crippen molar-refractivity contribution >= 4 is 17.6 Å². The Morgan fingerprint density at radius 3 is 2.44 bits per heavy atom. The van der Waals surface area contributed by atoms with Crippen molar-refractivity contribution in [3.63, 3.8) is 0 Å². The number of urea groups is 1. The SMILES string of the molecule is CCCN(CC(=O)N(CCOC)Cc1cccn1C)C(=O)Nc1ccc(OC)cc1OC. The first kappa shape index (κ1) is 25.1. The second-order valence-corrected chi connectivity index (χ2v) is 7.34. The van der Waals surface area contributed by atoms with Crippen molar-refractivity contribution in [2.45, 2.75) is 19.9 Å². The highest BCUT2D eigenvalue weighted by atomic mass is 16.5. The summed E-state index contributed by atoms with van der Waals surface area (Å²) >= 11 is 0. The van der Waals surface area contributed by atoms with Gasteiger partial charge in [-0.15, -0.1) is 0 Å². The zero-order valence-electron chi connectivity index (χ0n) is 19.6. The van der Waals surface area contributed by atoms with E-state index in [0.29, 0.717) is 43.4 Å². The molecule has 0 fully saturated rings. The first-order valence-electron chi connectivity index (χ1n) is 10.6. The highest BCUT2D eigenvalue weighted by molar-refractivity contribution is 5.93. The van der Waals surface area contributed by atoms with Gasteiger partial charge in [0, 0.05) is 45.2 Å². The van der Waals surface area contributed by atoms with E-state index in [1.807, 2.05) is 36.9 Å². The first-order valence-corrected chi connectivity index (χ1v) is 10.6. The van der Waals surface area contributed by atoms with Crippen LogP contribution in [-0.2, 0) is 23.1 Å². The summed E-state index contributed by atoms with van der Waals surface area (Å²) in [5.41, 5.74) is 1.51. The monoisotopic (exact) mass is 446 g/mol. The molecule has 9 heteroatoms. The summed E-state index contributed by atoms with van der Waals surface area (Å²) in [6.07, 6.45) is 2.66. The molecule has 0 unspecified atom stereocenters. The average Bonchev–Trinajstić information content (AvgIpc) is 3.20. The Kier molecular flexibility index (Phi) is 9.87. The van der Waals surface area contributed by atoms with E-state index < -0.39 is 0 Å². The Hall–Kier alpha value is -3.20. The molecular weight excluding hydrogens is 412 g/mol. The Morgan fingerprint density at radius 2 is 1.84 bits per heavy atom. The second kappa shape index (κ2) is 12.6. The van der Waals surface area contributed by atoms with Crippen LogP contribution in [-0.4, -0.2) is 73.9 Å². The lowest BCUT2D eigenvalue weighted by Gasteiger charge is -2.28. The lowest BCUT2D eigenvalue weighted by Crippen LogP contribution is -2.45. The van der Waals surface area contributed by atoms with E-state index in [9.17, 15) is 9.59 Å². The van der Waals surface area contributed by atoms with Crippen molar-refractivity contribution < 1.29 is 23.8 Å². The smallest absolute Gasteiger partial charge is 0.322 e. The molecule has 1 heterocycles. The van der Waals surface area contributed by atoms with Gasteiger partial charge in [0.2, 0.25) is 5.91 Å². The largest absolute Gasteiger partial charge is 0.497 e. The lowest BCUT2D eigenvalue weighted by atomic mass is 10.2. The molecule has 32 heavy (non-hydrogen) atoms. The van der Waals surface area contributed by atoms with Crippen LogP contribution in [0.3, 0.4) is 0 Å². The van der Waals surface area contributed by atoms with Crippen LogP contribution >= 0.6 is 0 Å². The zero-order valence-corrected chi connectivity index (χ0v) is 19.6. The van der Waals surface area contributed by atoms with E-state index in [-0.39, 0.29) is 18.5 Å². The molecule has 3 amide bonds. The third kappa shape index (κ3) is 6.91. The van der Waals surface area contributed by atoms with Gasteiger partial charge >= 0.3 is 6.03 Å². The van der Waals surface area contributed by atoms with Crippen molar-refractivity contribution in [2.75, 3.05) is 52.9 Å². The number of rotatable bonds is 12. The standard InChI is InChI=1S/C23H34N4O5/c1-6-11-27(23(29)24-20-10-9-19(31-4)15-21(20)32-5)17-22(28)26(13-14-30-3)16-18-8-7-12-25(18)2/h7-10,12,15H,6,11,13-14,16-17H2,1-5H3,(H,24,29). The summed E-state index contributed by atoms with van der Waals surface area (Å²) in [7, 11) is 6.62. The normalized spacial score (nSPS) is 10.5. The number of hydrogen-bond acceptors (Lipinski definition) is 5. The molecule has 1 aromatic carbocycles. The fourth-order valence-electron chi connectivity index (χ4n) is 3.23. The van der Waals surface area contributed by atoms with Gasteiger partial charge in [-0.05, 0) is 30.7 Å². The second-order valence-electron chi connectivity index (χ2n) is 7.34. The Labute approximate surface area is 189 Å². The molecule has 9 nitrogen and oxygen atoms in total. The molecular formula is C23H34N4O5. The van der Waals surface area contributed by atoms with Crippen molar-refractivity contribution in [1.29, 1.82) is 0 Å². The van der Waals surface area contributed by atoms with Gasteiger partial charge in [0.05, 0.1) is 33.1 Å². The fraction of sp³-hybridized carbons (Fsp3) is 0.478. The Bertz CT molecular complexity index is 883. The van der Waals surface area contributed by atoms with Crippen LogP contribution in [0.25, 0.3) is 0 Å². The molecule has 0 atom stereocenters. The number of methoxy groups -OCH3 is 3. The number of carbonyl (C=O) groups is 2. The van der Waals surface area contributed by atoms with Gasteiger partial charge in [-0.25, -0.2) is 4.79 Å². The summed E-state index contributed by atoms with van der Waals surface area (Å²) in [6, 6.07) is 8.68. The maximum absolute atomic E-state index is 13.1. The summed E-state index contributed by atoms with van der Waals surface area (Å²) in [6.45, 7) is 3.67. The Morgan fingerprint density at radius 1 is 1.06 bits per heavy atom. The molecule has 0 aliphatic heterocycles. The van der Waals surface area contributed by atoms with Gasteiger partial charge < -0.3 is 33.9 Å². The summed E-state index contributed by atoms with van der Waals surface area (Å²) < 4.78 is 17.7. The molecule has 2 aromatic rings. The van der Waals surface area contributed by atoms with Gasteiger partial charge in [0.25, 0.3) is 0 Å². The topological polar surface area (TPSA) is 85.3 Å². The van der Waals surface area contributed by atoms with Gasteiger partial charge in [0.15, 0.2) is 0 Å². The minimum absolute atomic E-state index is 0.0354. The van der Waals surface area contributed by atoms with Gasteiger partial charge in [-0.1, -0.05) is 6.92 Å². The summed E-state index contributed by atoms with van der Waals surface area (Å²) in [4.78, 5) is 29.4. The predicted octanol–water partition coefficient (Wildman–Crippen LogP) is 2.96. The number of benzene rings is 1. The van der Waals surface area contributed by atoms with Crippen LogP contribution < -0.4 is 14.8 Å². The van der Waals surface area contributed by atoms with Crippen molar-refractivity contribution in [3.05, 3.63) is 42.2 Å². The van der Waals surface area contributed by atoms with Crippen LogP contribution in [0, 0.1) is 0 Å². The van der Waals surface area contributed by atoms with Gasteiger partial charge in [-0.3, -0.25) is 4.79 Å². The molecule has 1 N–H and O–H groups in total. The molecule has 1 aromatic heterocycles. The summed E-state index contributed by atoms with van der Waals surface area (Å²) in [5, 5.41) is 2.85. The third-order valence-corrected chi connectivity index (χ3v) is 5.08. The third-order valence-electron chi connectivity index (χ3n) is 5.08. The van der Waals surface area contributed by atoms with E-state index in [0.717, 1.165) is 12.1 Å². The molecule has 0 aliphatic carbocycles. The molecule has 0 saturated carbocycles. The van der Waals surface area contributed by atoms with Gasteiger partial charge in [-0.2, -0.15) is 0 Å². The zero-order chi connectivity index (χ0) is 23.5. The van der Waals surface area contributed by atoms with Crippen LogP contribution in [0.2, 0.25) is 0 Å². The van der Waals surface area contributed by atoms with Crippen molar-refractivity contribution in [1.82, 2.24) is 14.4 Å². The molecule has 0 aliphatic rings. The number of nitrogens with one attached hydrogen (secondary N) is 1. The van der Waals surface area contributed by atoms with E-state index in [4.69, 9.17) is 14.2 Å². The van der Waals surface area contributed by atoms with E-state index in [1.165, 1.54) is 12.0 Å². The molecule has 0 spiro atoms. The van der Waals surface area contributed by atoms with Crippen LogP contribution in [0.1, 0.15) is 19.0 Å². The number of ether oxygens (including phenoxy) is 3. The van der Waals surface area contributed by atoms with Crippen molar-refractivity contribution in [3.8, 4) is 11.5 Å². The number of anilines is 1. The van der Waals surface area contributed by atoms with Crippen LogP contribution in [0.4, 0.5) is 10.5 Å². The molecule has 2 rings (SSSR count). The highest BCUT2D eigenvalue weighted by Crippen LogP contribution is 2.29. The maximum atomic E-state index is 13.1. The maximum Gasteiger partial charge on any atom is 0.322 e. The quantitative estimate of drug-likeness (QED) is 0.542. The molecule has 0 bridgehead atoms. The molecule has 0 saturated heterocycles. The fourth-order valence-corrected chi connectivity index (χ4v) is 3.23. The first-order chi connectivity index (χ1) is 15.4. The molecule has 176 valence electrons. The minimum Gasteiger partial charge on any atom is -0.497 e. The minimum atomic E-state index is -0.366. The van der Waals surface area contributed by atoms with Crippen LogP contribution in [0.5, 0.6) is 11.5 Å². The van der Waals surface area contributed by atoms with E-state index in [2.05, 4.69) is 5.32 Å². The van der Waals surface area contributed by atoms with Crippen LogP contribution in [0.15, 0.2) is 36.5 Å². The molecule has 0 radical (unpaired) electrons. The number of aryl methyl sites for hydroxylation is 1. The van der Waals surface area contributed by atoms with E-state index in [1.54, 1.807) is 37.3 Å². The number of carbonyl (C=O) groups excluding carboxylic acids is 2. The van der Waals surface area contributed by atoms with E-state index >= 15 is 0 Å². The summed E-state index contributed by atoms with van der Waals surface area (Å²) in [5.74, 6) is 0.953. The number of hydrogen-bond donors (Lipinski definition) is 1. The number of amides is 3.